The monoisotopic (exact) mass is 444 g/mol. The molecule has 31 heavy (non-hydrogen) atoms. The van der Waals surface area contributed by atoms with Crippen LogP contribution in [0.2, 0.25) is 0 Å². The highest BCUT2D eigenvalue weighted by molar-refractivity contribution is 7.92. The zero-order valence-corrected chi connectivity index (χ0v) is 17.7. The lowest BCUT2D eigenvalue weighted by molar-refractivity contribution is -0.120. The Labute approximate surface area is 180 Å². The molecular weight excluding hydrogens is 423 g/mol. The first-order valence-electron chi connectivity index (χ1n) is 9.20. The third-order valence-electron chi connectivity index (χ3n) is 4.41. The summed E-state index contributed by atoms with van der Waals surface area (Å²) >= 11 is 0. The molecule has 7 nitrogen and oxygen atoms in total. The third-order valence-corrected chi connectivity index (χ3v) is 5.80. The SMILES string of the molecule is COc1cccc(NS(=O)(=O)c2ccc(OCC(=O)N(C)c3ccc(F)cc3)cc2)c1. The Hall–Kier alpha value is -3.59. The van der Waals surface area contributed by atoms with Gasteiger partial charge in [-0.3, -0.25) is 9.52 Å². The minimum absolute atomic E-state index is 0.0393. The van der Waals surface area contributed by atoms with E-state index in [0.29, 0.717) is 22.9 Å². The third kappa shape index (κ3) is 5.73. The van der Waals surface area contributed by atoms with Gasteiger partial charge in [-0.25, -0.2) is 12.8 Å². The van der Waals surface area contributed by atoms with E-state index in [9.17, 15) is 17.6 Å². The number of ether oxygens (including phenoxy) is 2. The number of nitrogens with zero attached hydrogens (tertiary/aromatic N) is 1. The number of carbonyl (C=O) groups is 1. The van der Waals surface area contributed by atoms with E-state index in [1.807, 2.05) is 0 Å². The average Bonchev–Trinajstić information content (AvgIpc) is 2.77. The van der Waals surface area contributed by atoms with Gasteiger partial charge >= 0.3 is 0 Å². The molecule has 0 bridgehead atoms. The maximum atomic E-state index is 13.0. The van der Waals surface area contributed by atoms with Crippen molar-refractivity contribution < 1.29 is 27.1 Å². The molecule has 0 heterocycles. The van der Waals surface area contributed by atoms with Gasteiger partial charge in [-0.2, -0.15) is 0 Å². The number of carbonyl (C=O) groups excluding carboxylic acids is 1. The topological polar surface area (TPSA) is 84.9 Å². The number of hydrogen-bond donors (Lipinski definition) is 1. The van der Waals surface area contributed by atoms with Crippen LogP contribution >= 0.6 is 0 Å². The molecule has 0 aromatic heterocycles. The molecule has 0 fully saturated rings. The number of methoxy groups -OCH3 is 1. The molecule has 0 atom stereocenters. The molecule has 0 aliphatic heterocycles. The average molecular weight is 444 g/mol. The van der Waals surface area contributed by atoms with Gasteiger partial charge in [0.25, 0.3) is 15.9 Å². The fraction of sp³-hybridized carbons (Fsp3) is 0.136. The number of rotatable bonds is 8. The summed E-state index contributed by atoms with van der Waals surface area (Å²) in [6.07, 6.45) is 0. The number of amides is 1. The quantitative estimate of drug-likeness (QED) is 0.573. The number of sulfonamides is 1. The molecule has 0 spiro atoms. The summed E-state index contributed by atoms with van der Waals surface area (Å²) in [5, 5.41) is 0. The molecule has 9 heteroatoms. The van der Waals surface area contributed by atoms with E-state index >= 15 is 0 Å². The van der Waals surface area contributed by atoms with Gasteiger partial charge in [0.05, 0.1) is 17.7 Å². The number of likely N-dealkylation sites (N-methyl/N-ethyl adjacent to an activating group) is 1. The summed E-state index contributed by atoms with van der Waals surface area (Å²) in [7, 11) is -0.757. The van der Waals surface area contributed by atoms with Gasteiger partial charge in [0.2, 0.25) is 0 Å². The highest BCUT2D eigenvalue weighted by Gasteiger charge is 2.16. The Kier molecular flexibility index (Phi) is 6.76. The molecule has 0 saturated carbocycles. The van der Waals surface area contributed by atoms with Gasteiger partial charge in [0.15, 0.2) is 6.61 Å². The van der Waals surface area contributed by atoms with Crippen LogP contribution in [-0.2, 0) is 14.8 Å². The molecule has 0 aliphatic carbocycles. The lowest BCUT2D eigenvalue weighted by Crippen LogP contribution is -2.31. The Morgan fingerprint density at radius 2 is 1.68 bits per heavy atom. The highest BCUT2D eigenvalue weighted by Crippen LogP contribution is 2.22. The maximum Gasteiger partial charge on any atom is 0.264 e. The van der Waals surface area contributed by atoms with E-state index in [0.717, 1.165) is 0 Å². The molecule has 0 aliphatic rings. The largest absolute Gasteiger partial charge is 0.497 e. The van der Waals surface area contributed by atoms with Gasteiger partial charge in [0, 0.05) is 18.8 Å². The molecule has 0 radical (unpaired) electrons. The Morgan fingerprint density at radius 1 is 1.00 bits per heavy atom. The van der Waals surface area contributed by atoms with Gasteiger partial charge < -0.3 is 14.4 Å². The number of anilines is 2. The first kappa shape index (κ1) is 22.1. The van der Waals surface area contributed by atoms with E-state index in [1.54, 1.807) is 31.3 Å². The first-order valence-corrected chi connectivity index (χ1v) is 10.7. The fourth-order valence-corrected chi connectivity index (χ4v) is 3.72. The molecular formula is C22H21FN2O5S. The van der Waals surface area contributed by atoms with Crippen LogP contribution in [0.5, 0.6) is 11.5 Å². The minimum Gasteiger partial charge on any atom is -0.497 e. The summed E-state index contributed by atoms with van der Waals surface area (Å²) in [5.74, 6) is 0.125. The Morgan fingerprint density at radius 3 is 2.32 bits per heavy atom. The van der Waals surface area contributed by atoms with Crippen LogP contribution in [0.4, 0.5) is 15.8 Å². The lowest BCUT2D eigenvalue weighted by Gasteiger charge is -2.17. The van der Waals surface area contributed by atoms with Crippen molar-refractivity contribution in [2.24, 2.45) is 0 Å². The Bertz CT molecular complexity index is 1150. The fourth-order valence-electron chi connectivity index (χ4n) is 2.67. The van der Waals surface area contributed by atoms with Crippen molar-refractivity contribution in [3.05, 3.63) is 78.6 Å². The number of halogens is 1. The molecule has 0 unspecified atom stereocenters. The van der Waals surface area contributed by atoms with Crippen LogP contribution in [0.15, 0.2) is 77.7 Å². The summed E-state index contributed by atoms with van der Waals surface area (Å²) in [4.78, 5) is 13.7. The summed E-state index contributed by atoms with van der Waals surface area (Å²) in [5.41, 5.74) is 0.897. The zero-order valence-electron chi connectivity index (χ0n) is 16.9. The van der Waals surface area contributed by atoms with Gasteiger partial charge in [-0.1, -0.05) is 6.07 Å². The number of nitrogens with one attached hydrogen (secondary N) is 1. The molecule has 1 amide bonds. The standard InChI is InChI=1S/C22H21FN2O5S/c1-25(18-8-6-16(23)7-9-18)22(26)15-30-19-10-12-21(13-11-19)31(27,28)24-17-4-3-5-20(14-17)29-2/h3-14,24H,15H2,1-2H3. The minimum atomic E-state index is -3.81. The molecule has 3 rings (SSSR count). The molecule has 162 valence electrons. The van der Waals surface area contributed by atoms with Gasteiger partial charge in [-0.05, 0) is 60.7 Å². The Balaban J connectivity index is 1.61. The number of benzene rings is 3. The second kappa shape index (κ2) is 9.48. The van der Waals surface area contributed by atoms with Crippen molar-refractivity contribution in [3.8, 4) is 11.5 Å². The summed E-state index contributed by atoms with van der Waals surface area (Å²) in [6, 6.07) is 17.8. The van der Waals surface area contributed by atoms with Crippen LogP contribution in [0.25, 0.3) is 0 Å². The van der Waals surface area contributed by atoms with Crippen molar-refractivity contribution in [1.29, 1.82) is 0 Å². The van der Waals surface area contributed by atoms with Crippen molar-refractivity contribution in [2.75, 3.05) is 30.4 Å². The van der Waals surface area contributed by atoms with Gasteiger partial charge in [-0.15, -0.1) is 0 Å². The second-order valence-corrected chi connectivity index (χ2v) is 8.21. The second-order valence-electron chi connectivity index (χ2n) is 6.53. The lowest BCUT2D eigenvalue weighted by atomic mass is 10.3. The maximum absolute atomic E-state index is 13.0. The summed E-state index contributed by atoms with van der Waals surface area (Å²) < 4.78 is 51.2. The van der Waals surface area contributed by atoms with Crippen LogP contribution in [-0.4, -0.2) is 35.1 Å². The van der Waals surface area contributed by atoms with Crippen LogP contribution < -0.4 is 19.1 Å². The highest BCUT2D eigenvalue weighted by atomic mass is 32.2. The first-order chi connectivity index (χ1) is 14.8. The normalized spacial score (nSPS) is 10.9. The van der Waals surface area contributed by atoms with Crippen LogP contribution in [0.1, 0.15) is 0 Å². The summed E-state index contributed by atoms with van der Waals surface area (Å²) in [6.45, 7) is -0.262. The van der Waals surface area contributed by atoms with Crippen molar-refractivity contribution in [1.82, 2.24) is 0 Å². The van der Waals surface area contributed by atoms with Crippen molar-refractivity contribution >= 4 is 27.3 Å². The number of hydrogen-bond acceptors (Lipinski definition) is 5. The van der Waals surface area contributed by atoms with E-state index in [2.05, 4.69) is 4.72 Å². The zero-order chi connectivity index (χ0) is 22.4. The van der Waals surface area contributed by atoms with Crippen LogP contribution in [0, 0.1) is 5.82 Å². The molecule has 3 aromatic rings. The molecule has 0 saturated heterocycles. The van der Waals surface area contributed by atoms with Crippen molar-refractivity contribution in [2.45, 2.75) is 4.90 Å². The van der Waals surface area contributed by atoms with E-state index in [4.69, 9.17) is 9.47 Å². The smallest absolute Gasteiger partial charge is 0.264 e. The van der Waals surface area contributed by atoms with Crippen molar-refractivity contribution in [3.63, 3.8) is 0 Å². The molecule has 1 N–H and O–H groups in total. The van der Waals surface area contributed by atoms with Crippen LogP contribution in [0.3, 0.4) is 0 Å². The van der Waals surface area contributed by atoms with E-state index < -0.39 is 15.8 Å². The van der Waals surface area contributed by atoms with E-state index in [-0.39, 0.29) is 17.4 Å². The predicted octanol–water partition coefficient (Wildman–Crippen LogP) is 3.68. The van der Waals surface area contributed by atoms with E-state index in [1.165, 1.54) is 60.5 Å². The molecule has 3 aromatic carbocycles. The van der Waals surface area contributed by atoms with Gasteiger partial charge in [0.1, 0.15) is 17.3 Å². The predicted molar refractivity (Wildman–Crippen MR) is 116 cm³/mol.